The second kappa shape index (κ2) is 7.92. The molecule has 0 spiro atoms. The quantitative estimate of drug-likeness (QED) is 0.385. The van der Waals surface area contributed by atoms with E-state index in [2.05, 4.69) is 31.9 Å². The van der Waals surface area contributed by atoms with Crippen molar-refractivity contribution >= 4 is 60.3 Å². The highest BCUT2D eigenvalue weighted by Gasteiger charge is 2.35. The highest BCUT2D eigenvalue weighted by Crippen LogP contribution is 2.46. The minimum Gasteiger partial charge on any atom is -0.327 e. The molecule has 0 fully saturated rings. The topological polar surface area (TPSA) is 133 Å². The van der Waals surface area contributed by atoms with Crippen LogP contribution in [0.3, 0.4) is 0 Å². The number of anilines is 2. The molecule has 0 aromatic heterocycles. The summed E-state index contributed by atoms with van der Waals surface area (Å²) >= 11 is 6.23. The van der Waals surface area contributed by atoms with Crippen molar-refractivity contribution in [2.75, 3.05) is 11.4 Å². The second-order valence-electron chi connectivity index (χ2n) is 5.07. The molecule has 0 radical (unpaired) electrons. The summed E-state index contributed by atoms with van der Waals surface area (Å²) < 4.78 is 15.1. The second-order valence-corrected chi connectivity index (χ2v) is 6.84. The molecular formula is C14H9Br2FN4O6. The third kappa shape index (κ3) is 4.03. The third-order valence-electron chi connectivity index (χ3n) is 3.50. The fraction of sp³-hybridized carbons (Fsp3) is 0.143. The predicted molar refractivity (Wildman–Crippen MR) is 101 cm³/mol. The lowest BCUT2D eigenvalue weighted by atomic mass is 10.1. The summed E-state index contributed by atoms with van der Waals surface area (Å²) in [5, 5.41) is 33.9. The molecule has 13 heteroatoms. The molecule has 2 aromatic rings. The molecule has 0 saturated carbocycles. The first-order valence-electron chi connectivity index (χ1n) is 7.11. The van der Waals surface area contributed by atoms with E-state index >= 15 is 0 Å². The first-order chi connectivity index (χ1) is 12.6. The van der Waals surface area contributed by atoms with Crippen molar-refractivity contribution in [3.8, 4) is 0 Å². The van der Waals surface area contributed by atoms with Gasteiger partial charge in [-0.3, -0.25) is 30.3 Å². The maximum Gasteiger partial charge on any atom is 0.306 e. The van der Waals surface area contributed by atoms with Crippen LogP contribution in [0.15, 0.2) is 33.2 Å². The van der Waals surface area contributed by atoms with Gasteiger partial charge >= 0.3 is 11.4 Å². The van der Waals surface area contributed by atoms with Crippen molar-refractivity contribution < 1.29 is 19.2 Å². The Hall–Kier alpha value is -2.67. The molecule has 27 heavy (non-hydrogen) atoms. The number of benzene rings is 2. The van der Waals surface area contributed by atoms with Gasteiger partial charge in [-0.05, 0) is 35.0 Å². The van der Waals surface area contributed by atoms with Gasteiger partial charge in [0, 0.05) is 15.5 Å². The Morgan fingerprint density at radius 2 is 1.44 bits per heavy atom. The van der Waals surface area contributed by atoms with Crippen LogP contribution in [0.1, 0.15) is 6.92 Å². The van der Waals surface area contributed by atoms with Gasteiger partial charge in [-0.25, -0.2) is 4.39 Å². The Morgan fingerprint density at radius 3 is 1.81 bits per heavy atom. The lowest BCUT2D eigenvalue weighted by Gasteiger charge is -2.24. The van der Waals surface area contributed by atoms with E-state index in [4.69, 9.17) is 0 Å². The van der Waals surface area contributed by atoms with E-state index in [9.17, 15) is 34.7 Å². The number of halogens is 3. The van der Waals surface area contributed by atoms with E-state index in [1.807, 2.05) is 0 Å². The van der Waals surface area contributed by atoms with Crippen molar-refractivity contribution in [1.29, 1.82) is 0 Å². The average Bonchev–Trinajstić information content (AvgIpc) is 2.56. The zero-order chi connectivity index (χ0) is 20.5. The van der Waals surface area contributed by atoms with Crippen LogP contribution in [-0.4, -0.2) is 21.3 Å². The van der Waals surface area contributed by atoms with Crippen molar-refractivity contribution in [3.63, 3.8) is 0 Å². The van der Waals surface area contributed by atoms with E-state index < -0.39 is 43.3 Å². The van der Waals surface area contributed by atoms with Gasteiger partial charge in [-0.2, -0.15) is 0 Å². The Bertz CT molecular complexity index is 913. The maximum absolute atomic E-state index is 14.6. The maximum atomic E-state index is 14.6. The lowest BCUT2D eigenvalue weighted by Crippen LogP contribution is -2.21. The molecule has 2 aromatic carbocycles. The van der Waals surface area contributed by atoms with Gasteiger partial charge in [0.25, 0.3) is 5.69 Å². The van der Waals surface area contributed by atoms with E-state index in [1.54, 1.807) is 0 Å². The third-order valence-corrected chi connectivity index (χ3v) is 4.56. The number of hydrogen-bond donors (Lipinski definition) is 0. The average molecular weight is 508 g/mol. The van der Waals surface area contributed by atoms with Crippen LogP contribution >= 0.6 is 31.9 Å². The fourth-order valence-corrected chi connectivity index (χ4v) is 3.86. The van der Waals surface area contributed by atoms with Gasteiger partial charge in [-0.15, -0.1) is 0 Å². The predicted octanol–water partition coefficient (Wildman–Crippen LogP) is 5.23. The molecular weight excluding hydrogens is 499 g/mol. The first-order valence-corrected chi connectivity index (χ1v) is 8.70. The molecule has 0 heterocycles. The first kappa shape index (κ1) is 20.6. The summed E-state index contributed by atoms with van der Waals surface area (Å²) in [6.07, 6.45) is 0. The molecule has 0 bridgehead atoms. The smallest absolute Gasteiger partial charge is 0.306 e. The van der Waals surface area contributed by atoms with Crippen LogP contribution in [0.4, 0.5) is 32.8 Å². The van der Waals surface area contributed by atoms with E-state index in [0.29, 0.717) is 16.6 Å². The van der Waals surface area contributed by atoms with Crippen molar-refractivity contribution in [2.45, 2.75) is 6.92 Å². The number of hydrogen-bond acceptors (Lipinski definition) is 7. The Labute approximate surface area is 167 Å². The van der Waals surface area contributed by atoms with E-state index in [0.717, 1.165) is 11.0 Å². The van der Waals surface area contributed by atoms with Crippen LogP contribution in [0.5, 0.6) is 0 Å². The summed E-state index contributed by atoms with van der Waals surface area (Å²) in [6, 6.07) is 3.77. The van der Waals surface area contributed by atoms with E-state index in [1.165, 1.54) is 13.0 Å². The van der Waals surface area contributed by atoms with Crippen LogP contribution in [0.25, 0.3) is 0 Å². The highest BCUT2D eigenvalue weighted by atomic mass is 79.9. The number of rotatable bonds is 6. The Balaban J connectivity index is 2.91. The Morgan fingerprint density at radius 1 is 0.926 bits per heavy atom. The number of non-ortho nitro benzene ring substituents is 1. The molecule has 0 saturated heterocycles. The summed E-state index contributed by atoms with van der Waals surface area (Å²) in [5.74, 6) is -0.806. The SMILES string of the molecule is CCN(c1c(F)cc(Br)cc1Br)c1c([N+](=O)[O-])cc([N+](=O)[O-])cc1[N+](=O)[O-]. The summed E-state index contributed by atoms with van der Waals surface area (Å²) in [7, 11) is 0. The van der Waals surface area contributed by atoms with Crippen LogP contribution in [0, 0.1) is 36.2 Å². The molecule has 0 aliphatic carbocycles. The minimum atomic E-state index is -0.983. The fourth-order valence-electron chi connectivity index (χ4n) is 2.47. The molecule has 0 unspecified atom stereocenters. The van der Waals surface area contributed by atoms with Gasteiger partial charge < -0.3 is 4.90 Å². The van der Waals surface area contributed by atoms with Gasteiger partial charge in [0.2, 0.25) is 0 Å². The molecule has 2 rings (SSSR count). The molecule has 0 N–H and O–H groups in total. The molecule has 0 aliphatic heterocycles. The molecule has 142 valence electrons. The molecule has 0 atom stereocenters. The van der Waals surface area contributed by atoms with Crippen molar-refractivity contribution in [2.24, 2.45) is 0 Å². The van der Waals surface area contributed by atoms with Gasteiger partial charge in [0.05, 0.1) is 32.6 Å². The summed E-state index contributed by atoms with van der Waals surface area (Å²) in [6.45, 7) is 1.42. The molecule has 0 aliphatic rings. The number of nitrogens with zero attached hydrogens (tertiary/aromatic N) is 4. The zero-order valence-electron chi connectivity index (χ0n) is 13.4. The lowest BCUT2D eigenvalue weighted by molar-refractivity contribution is -0.402. The Kier molecular flexibility index (Phi) is 6.05. The van der Waals surface area contributed by atoms with Gasteiger partial charge in [0.15, 0.2) is 5.69 Å². The van der Waals surface area contributed by atoms with Gasteiger partial charge in [-0.1, -0.05) is 15.9 Å². The number of nitro groups is 3. The van der Waals surface area contributed by atoms with Crippen LogP contribution in [0.2, 0.25) is 0 Å². The normalized spacial score (nSPS) is 10.5. The highest BCUT2D eigenvalue weighted by molar-refractivity contribution is 9.11. The molecule has 10 nitrogen and oxygen atoms in total. The van der Waals surface area contributed by atoms with Crippen molar-refractivity contribution in [3.05, 3.63) is 69.4 Å². The summed E-state index contributed by atoms with van der Waals surface area (Å²) in [4.78, 5) is 32.0. The summed E-state index contributed by atoms with van der Waals surface area (Å²) in [5.41, 5.74) is -3.32. The largest absolute Gasteiger partial charge is 0.327 e. The standard InChI is InChI=1S/C14H9Br2FN4O6/c1-2-18(13-9(16)3-7(15)4-10(13)17)14-11(20(24)25)5-8(19(22)23)6-12(14)21(26)27/h3-6H,2H2,1H3. The minimum absolute atomic E-state index is 0.0867. The zero-order valence-corrected chi connectivity index (χ0v) is 16.6. The number of nitro benzene ring substituents is 3. The van der Waals surface area contributed by atoms with Crippen LogP contribution in [-0.2, 0) is 0 Å². The van der Waals surface area contributed by atoms with E-state index in [-0.39, 0.29) is 16.7 Å². The molecule has 0 amide bonds. The monoisotopic (exact) mass is 506 g/mol. The van der Waals surface area contributed by atoms with Crippen LogP contribution < -0.4 is 4.90 Å². The van der Waals surface area contributed by atoms with Gasteiger partial charge in [0.1, 0.15) is 5.82 Å². The van der Waals surface area contributed by atoms with Crippen molar-refractivity contribution in [1.82, 2.24) is 0 Å².